The summed E-state index contributed by atoms with van der Waals surface area (Å²) in [5, 5.41) is 0.630. The first-order chi connectivity index (χ1) is 11.6. The smallest absolute Gasteiger partial charge is 0.227 e. The van der Waals surface area contributed by atoms with Crippen molar-refractivity contribution in [2.75, 3.05) is 20.8 Å². The normalized spacial score (nSPS) is 12.5. The first-order valence-electron chi connectivity index (χ1n) is 7.88. The molecule has 4 nitrogen and oxygen atoms in total. The molecule has 0 unspecified atom stereocenters. The van der Waals surface area contributed by atoms with Crippen molar-refractivity contribution in [2.45, 2.75) is 19.4 Å². The van der Waals surface area contributed by atoms with Gasteiger partial charge in [0.05, 0.1) is 20.1 Å². The fourth-order valence-corrected chi connectivity index (χ4v) is 3.07. The molecule has 0 atom stereocenters. The summed E-state index contributed by atoms with van der Waals surface area (Å²) in [5.41, 5.74) is 3.08. The lowest BCUT2D eigenvalue weighted by molar-refractivity contribution is -0.129. The van der Waals surface area contributed by atoms with Gasteiger partial charge in [-0.15, -0.1) is 0 Å². The Morgan fingerprint density at radius 3 is 2.92 bits per heavy atom. The summed E-state index contributed by atoms with van der Waals surface area (Å²) in [6.45, 7) is 1.18. The van der Waals surface area contributed by atoms with E-state index in [1.807, 2.05) is 24.3 Å². The maximum Gasteiger partial charge on any atom is 0.227 e. The molecule has 0 aliphatic carbocycles. The van der Waals surface area contributed by atoms with Crippen LogP contribution in [0.15, 0.2) is 36.4 Å². The molecular formula is C19H20ClNO3. The van der Waals surface area contributed by atoms with Crippen molar-refractivity contribution >= 4 is 17.5 Å². The van der Waals surface area contributed by atoms with Crippen molar-refractivity contribution in [2.24, 2.45) is 0 Å². The SMILES string of the molecule is COc1ccc(Cl)cc1CN(C)C(=O)Cc1ccc2c(c1)CCO2. The number of hydrogen-bond acceptors (Lipinski definition) is 3. The van der Waals surface area contributed by atoms with Gasteiger partial charge in [0.25, 0.3) is 0 Å². The van der Waals surface area contributed by atoms with Crippen LogP contribution in [-0.4, -0.2) is 31.6 Å². The highest BCUT2D eigenvalue weighted by Crippen LogP contribution is 2.27. The Morgan fingerprint density at radius 1 is 1.29 bits per heavy atom. The zero-order valence-electron chi connectivity index (χ0n) is 13.8. The van der Waals surface area contributed by atoms with Gasteiger partial charge in [-0.3, -0.25) is 4.79 Å². The molecule has 0 saturated carbocycles. The lowest BCUT2D eigenvalue weighted by Crippen LogP contribution is -2.28. The highest BCUT2D eigenvalue weighted by Gasteiger charge is 2.16. The average Bonchev–Trinajstić information content (AvgIpc) is 3.02. The molecule has 126 valence electrons. The van der Waals surface area contributed by atoms with Crippen molar-refractivity contribution in [1.29, 1.82) is 0 Å². The first-order valence-corrected chi connectivity index (χ1v) is 8.25. The number of amides is 1. The summed E-state index contributed by atoms with van der Waals surface area (Å²) < 4.78 is 10.8. The topological polar surface area (TPSA) is 38.8 Å². The van der Waals surface area contributed by atoms with Crippen LogP contribution in [0.4, 0.5) is 0 Å². The molecule has 1 aliphatic heterocycles. The van der Waals surface area contributed by atoms with E-state index in [1.54, 1.807) is 25.1 Å². The van der Waals surface area contributed by atoms with Gasteiger partial charge in [0.15, 0.2) is 0 Å². The summed E-state index contributed by atoms with van der Waals surface area (Å²) in [5.74, 6) is 1.72. The number of nitrogens with zero attached hydrogens (tertiary/aromatic N) is 1. The van der Waals surface area contributed by atoms with E-state index in [2.05, 4.69) is 6.07 Å². The lowest BCUT2D eigenvalue weighted by atomic mass is 10.1. The number of hydrogen-bond donors (Lipinski definition) is 0. The van der Waals surface area contributed by atoms with Crippen LogP contribution >= 0.6 is 11.6 Å². The van der Waals surface area contributed by atoms with Crippen molar-refractivity contribution < 1.29 is 14.3 Å². The summed E-state index contributed by atoms with van der Waals surface area (Å²) in [4.78, 5) is 14.2. The van der Waals surface area contributed by atoms with Crippen LogP contribution in [0.1, 0.15) is 16.7 Å². The lowest BCUT2D eigenvalue weighted by Gasteiger charge is -2.19. The van der Waals surface area contributed by atoms with Gasteiger partial charge < -0.3 is 14.4 Å². The molecule has 1 aliphatic rings. The maximum absolute atomic E-state index is 12.5. The fourth-order valence-electron chi connectivity index (χ4n) is 2.87. The minimum atomic E-state index is 0.0518. The average molecular weight is 346 g/mol. The van der Waals surface area contributed by atoms with Crippen LogP contribution in [0.5, 0.6) is 11.5 Å². The zero-order valence-corrected chi connectivity index (χ0v) is 14.6. The van der Waals surface area contributed by atoms with Gasteiger partial charge in [-0.05, 0) is 35.4 Å². The molecule has 5 heteroatoms. The van der Waals surface area contributed by atoms with Crippen LogP contribution in [0, 0.1) is 0 Å². The molecule has 0 aromatic heterocycles. The fraction of sp³-hybridized carbons (Fsp3) is 0.316. The molecule has 1 amide bonds. The van der Waals surface area contributed by atoms with Gasteiger partial charge in [-0.1, -0.05) is 23.7 Å². The van der Waals surface area contributed by atoms with Crippen molar-refractivity contribution in [3.8, 4) is 11.5 Å². The monoisotopic (exact) mass is 345 g/mol. The van der Waals surface area contributed by atoms with Crippen molar-refractivity contribution in [3.05, 3.63) is 58.1 Å². The maximum atomic E-state index is 12.5. The second-order valence-corrected chi connectivity index (χ2v) is 6.36. The minimum absolute atomic E-state index is 0.0518. The van der Waals surface area contributed by atoms with E-state index < -0.39 is 0 Å². The number of methoxy groups -OCH3 is 1. The minimum Gasteiger partial charge on any atom is -0.496 e. The van der Waals surface area contributed by atoms with Crippen LogP contribution in [0.2, 0.25) is 5.02 Å². The third-order valence-electron chi connectivity index (χ3n) is 4.18. The van der Waals surface area contributed by atoms with E-state index in [-0.39, 0.29) is 5.91 Å². The van der Waals surface area contributed by atoms with Gasteiger partial charge in [0, 0.05) is 30.6 Å². The van der Waals surface area contributed by atoms with E-state index in [4.69, 9.17) is 21.1 Å². The molecule has 0 bridgehead atoms. The predicted octanol–water partition coefficient (Wildman–Crippen LogP) is 3.48. The van der Waals surface area contributed by atoms with Crippen LogP contribution in [-0.2, 0) is 24.2 Å². The molecule has 2 aromatic carbocycles. The number of ether oxygens (including phenoxy) is 2. The molecule has 24 heavy (non-hydrogen) atoms. The number of likely N-dealkylation sites (N-methyl/N-ethyl adjacent to an activating group) is 1. The van der Waals surface area contributed by atoms with E-state index in [9.17, 15) is 4.79 Å². The Balaban J connectivity index is 1.68. The number of rotatable bonds is 5. The molecular weight excluding hydrogens is 326 g/mol. The van der Waals surface area contributed by atoms with E-state index in [0.717, 1.165) is 35.7 Å². The predicted molar refractivity (Wildman–Crippen MR) is 93.8 cm³/mol. The largest absolute Gasteiger partial charge is 0.496 e. The zero-order chi connectivity index (χ0) is 17.1. The Hall–Kier alpha value is -2.20. The van der Waals surface area contributed by atoms with Gasteiger partial charge in [-0.2, -0.15) is 0 Å². The number of halogens is 1. The quantitative estimate of drug-likeness (QED) is 0.832. The molecule has 0 saturated heterocycles. The molecule has 3 rings (SSSR count). The Bertz CT molecular complexity index is 760. The number of carbonyl (C=O) groups excluding carboxylic acids is 1. The second kappa shape index (κ2) is 7.14. The summed E-state index contributed by atoms with van der Waals surface area (Å²) in [7, 11) is 3.40. The highest BCUT2D eigenvalue weighted by atomic mass is 35.5. The van der Waals surface area contributed by atoms with Gasteiger partial charge in [0.2, 0.25) is 5.91 Å². The number of benzene rings is 2. The van der Waals surface area contributed by atoms with Crippen molar-refractivity contribution in [1.82, 2.24) is 4.90 Å². The van der Waals surface area contributed by atoms with E-state index in [1.165, 1.54) is 5.56 Å². The van der Waals surface area contributed by atoms with Gasteiger partial charge in [-0.25, -0.2) is 0 Å². The van der Waals surface area contributed by atoms with Gasteiger partial charge >= 0.3 is 0 Å². The van der Waals surface area contributed by atoms with E-state index in [0.29, 0.717) is 18.0 Å². The van der Waals surface area contributed by atoms with Crippen LogP contribution in [0.25, 0.3) is 0 Å². The third kappa shape index (κ3) is 3.65. The molecule has 0 fully saturated rings. The molecule has 0 spiro atoms. The Kier molecular flexibility index (Phi) is 4.95. The summed E-state index contributed by atoms with van der Waals surface area (Å²) >= 11 is 6.05. The molecule has 0 N–H and O–H groups in total. The Labute approximate surface area is 146 Å². The number of carbonyl (C=O) groups is 1. The highest BCUT2D eigenvalue weighted by molar-refractivity contribution is 6.30. The Morgan fingerprint density at radius 2 is 2.12 bits per heavy atom. The number of fused-ring (bicyclic) bond motifs is 1. The molecule has 2 aromatic rings. The second-order valence-electron chi connectivity index (χ2n) is 5.92. The summed E-state index contributed by atoms with van der Waals surface area (Å²) in [6, 6.07) is 11.4. The first kappa shape index (κ1) is 16.7. The van der Waals surface area contributed by atoms with Crippen molar-refractivity contribution in [3.63, 3.8) is 0 Å². The molecule has 0 radical (unpaired) electrons. The third-order valence-corrected chi connectivity index (χ3v) is 4.42. The summed E-state index contributed by atoms with van der Waals surface area (Å²) in [6.07, 6.45) is 1.28. The standard InChI is InChI=1S/C19H20ClNO3/c1-21(12-15-11-16(20)4-6-17(15)23-2)19(22)10-13-3-5-18-14(9-13)7-8-24-18/h3-6,9,11H,7-8,10,12H2,1-2H3. The van der Waals surface area contributed by atoms with Crippen LogP contribution in [0.3, 0.4) is 0 Å². The molecule has 1 heterocycles. The van der Waals surface area contributed by atoms with E-state index >= 15 is 0 Å². The van der Waals surface area contributed by atoms with Gasteiger partial charge in [0.1, 0.15) is 11.5 Å². The van der Waals surface area contributed by atoms with Crippen LogP contribution < -0.4 is 9.47 Å².